The van der Waals surface area contributed by atoms with Crippen LogP contribution in [0, 0.1) is 17.8 Å². The Morgan fingerprint density at radius 2 is 1.60 bits per heavy atom. The van der Waals surface area contributed by atoms with Gasteiger partial charge >= 0.3 is 0 Å². The lowest BCUT2D eigenvalue weighted by molar-refractivity contribution is -0.200. The van der Waals surface area contributed by atoms with Crippen LogP contribution >= 0.6 is 0 Å². The smallest absolute Gasteiger partial charge is 0.256 e. The third-order valence-corrected chi connectivity index (χ3v) is 10.4. The minimum atomic E-state index is -0.180. The standard InChI is InChI=1S/C32H55N5O3/c1-35(2)17-9-7-15-33-26-14-13-24-29-31(26)40-28-20-23-12-6-5-11-22(23)19-27(28)37(29)21-25(30(24)38)32(39)34-16-8-10-18-36(3)4/h21-24,26-29,31,33H,5-20H2,1-4H3,(H,34,39). The second-order valence-corrected chi connectivity index (χ2v) is 13.8. The Labute approximate surface area is 242 Å². The first kappa shape index (κ1) is 30.0. The van der Waals surface area contributed by atoms with Crippen LogP contribution in [-0.4, -0.2) is 111 Å². The molecule has 40 heavy (non-hydrogen) atoms. The molecule has 4 fully saturated rings. The van der Waals surface area contributed by atoms with E-state index < -0.39 is 0 Å². The second kappa shape index (κ2) is 13.7. The first-order chi connectivity index (χ1) is 19.3. The van der Waals surface area contributed by atoms with Gasteiger partial charge in [-0.25, -0.2) is 0 Å². The summed E-state index contributed by atoms with van der Waals surface area (Å²) >= 11 is 0. The van der Waals surface area contributed by atoms with E-state index in [1.165, 1.54) is 32.1 Å². The van der Waals surface area contributed by atoms with Crippen molar-refractivity contribution in [3.63, 3.8) is 0 Å². The van der Waals surface area contributed by atoms with E-state index in [9.17, 15) is 9.59 Å². The summed E-state index contributed by atoms with van der Waals surface area (Å²) < 4.78 is 7.04. The summed E-state index contributed by atoms with van der Waals surface area (Å²) in [5, 5.41) is 6.93. The summed E-state index contributed by atoms with van der Waals surface area (Å²) in [6.45, 7) is 3.72. The average molecular weight is 558 g/mol. The molecule has 8 heteroatoms. The van der Waals surface area contributed by atoms with Crippen molar-refractivity contribution in [2.75, 3.05) is 54.4 Å². The zero-order valence-electron chi connectivity index (χ0n) is 25.6. The molecule has 0 aromatic rings. The molecule has 0 aromatic carbocycles. The topological polar surface area (TPSA) is 77.2 Å². The van der Waals surface area contributed by atoms with Crippen molar-refractivity contribution in [3.8, 4) is 0 Å². The molecule has 2 heterocycles. The molecule has 8 unspecified atom stereocenters. The molecular formula is C32H55N5O3. The van der Waals surface area contributed by atoms with Gasteiger partial charge in [0.1, 0.15) is 0 Å². The molecule has 0 bridgehead atoms. The summed E-state index contributed by atoms with van der Waals surface area (Å²) in [5.41, 5.74) is 0.383. The van der Waals surface area contributed by atoms with Gasteiger partial charge in [-0.3, -0.25) is 9.59 Å². The Kier molecular flexibility index (Phi) is 10.2. The number of fused-ring (bicyclic) bond motifs is 3. The Morgan fingerprint density at radius 1 is 0.925 bits per heavy atom. The molecule has 2 N–H and O–H groups in total. The highest BCUT2D eigenvalue weighted by Crippen LogP contribution is 2.49. The van der Waals surface area contributed by atoms with Gasteiger partial charge in [0, 0.05) is 24.7 Å². The van der Waals surface area contributed by atoms with Crippen LogP contribution in [0.4, 0.5) is 0 Å². The van der Waals surface area contributed by atoms with Gasteiger partial charge in [0.25, 0.3) is 5.91 Å². The number of rotatable bonds is 12. The first-order valence-corrected chi connectivity index (χ1v) is 16.3. The third kappa shape index (κ3) is 6.77. The average Bonchev–Trinajstić information content (AvgIpc) is 2.93. The van der Waals surface area contributed by atoms with Crippen molar-refractivity contribution in [2.45, 2.75) is 107 Å². The van der Waals surface area contributed by atoms with Crippen molar-refractivity contribution in [3.05, 3.63) is 11.8 Å². The number of unbranched alkanes of at least 4 members (excludes halogenated alkanes) is 2. The molecule has 1 saturated heterocycles. The van der Waals surface area contributed by atoms with E-state index in [4.69, 9.17) is 4.74 Å². The minimum absolute atomic E-state index is 0.00448. The fourth-order valence-electron chi connectivity index (χ4n) is 8.38. The van der Waals surface area contributed by atoms with E-state index in [-0.39, 0.29) is 47.9 Å². The molecule has 0 spiro atoms. The van der Waals surface area contributed by atoms with Crippen LogP contribution in [0.15, 0.2) is 11.8 Å². The number of ketones is 1. The molecule has 8 nitrogen and oxygen atoms in total. The zero-order chi connectivity index (χ0) is 28.2. The van der Waals surface area contributed by atoms with Crippen molar-refractivity contribution in [1.82, 2.24) is 25.3 Å². The summed E-state index contributed by atoms with van der Waals surface area (Å²) in [7, 11) is 8.40. The van der Waals surface area contributed by atoms with Crippen molar-refractivity contribution >= 4 is 11.7 Å². The molecule has 5 rings (SSSR count). The van der Waals surface area contributed by atoms with Gasteiger partial charge in [-0.05, 0) is 111 Å². The van der Waals surface area contributed by atoms with Crippen molar-refractivity contribution < 1.29 is 14.3 Å². The Balaban J connectivity index is 1.32. The molecule has 0 aromatic heterocycles. The van der Waals surface area contributed by atoms with Gasteiger partial charge in [-0.15, -0.1) is 0 Å². The van der Waals surface area contributed by atoms with Gasteiger partial charge < -0.3 is 30.1 Å². The Bertz CT molecular complexity index is 907. The maximum absolute atomic E-state index is 13.8. The highest BCUT2D eigenvalue weighted by molar-refractivity contribution is 6.20. The number of hydrogen-bond donors (Lipinski definition) is 2. The van der Waals surface area contributed by atoms with Crippen molar-refractivity contribution in [2.24, 2.45) is 17.8 Å². The van der Waals surface area contributed by atoms with Gasteiger partial charge in [-0.1, -0.05) is 25.7 Å². The Hall–Kier alpha value is -1.48. The zero-order valence-corrected chi connectivity index (χ0v) is 25.6. The second-order valence-electron chi connectivity index (χ2n) is 13.8. The molecule has 5 aliphatic rings. The van der Waals surface area contributed by atoms with Crippen molar-refractivity contribution in [1.29, 1.82) is 0 Å². The summed E-state index contributed by atoms with van der Waals surface area (Å²) in [5.74, 6) is 1.23. The molecule has 0 radical (unpaired) electrons. The number of carbonyl (C=O) groups excluding carboxylic acids is 2. The SMILES string of the molecule is CN(C)CCCCNC(=O)C1=CN2C3CC4CCCCC4CC3OC3C(NCCCCN(C)C)CCC(C1=O)C32. The normalized spacial score (nSPS) is 35.2. The van der Waals surface area contributed by atoms with Crippen LogP contribution in [-0.2, 0) is 14.3 Å². The fraction of sp³-hybridized carbons (Fsp3) is 0.875. The highest BCUT2D eigenvalue weighted by Gasteiger charge is 2.57. The van der Waals surface area contributed by atoms with E-state index in [1.807, 2.05) is 6.20 Å². The maximum Gasteiger partial charge on any atom is 0.256 e. The van der Waals surface area contributed by atoms with Crippen LogP contribution < -0.4 is 10.6 Å². The lowest BCUT2D eigenvalue weighted by Gasteiger charge is -2.60. The van der Waals surface area contributed by atoms with E-state index in [1.54, 1.807) is 0 Å². The maximum atomic E-state index is 13.8. The minimum Gasteiger partial charge on any atom is -0.369 e. The molecule has 226 valence electrons. The summed E-state index contributed by atoms with van der Waals surface area (Å²) in [4.78, 5) is 34.1. The quantitative estimate of drug-likeness (QED) is 0.282. The number of nitrogens with zero attached hydrogens (tertiary/aromatic N) is 3. The van der Waals surface area contributed by atoms with Gasteiger partial charge in [0.15, 0.2) is 5.78 Å². The van der Waals surface area contributed by atoms with Crippen LogP contribution in [0.2, 0.25) is 0 Å². The van der Waals surface area contributed by atoms with E-state index >= 15 is 0 Å². The van der Waals surface area contributed by atoms with E-state index in [0.29, 0.717) is 12.1 Å². The number of amides is 1. The molecular weight excluding hydrogens is 502 g/mol. The van der Waals surface area contributed by atoms with Crippen LogP contribution in [0.5, 0.6) is 0 Å². The summed E-state index contributed by atoms with van der Waals surface area (Å²) in [6.07, 6.45) is 15.8. The van der Waals surface area contributed by atoms with Crippen LogP contribution in [0.3, 0.4) is 0 Å². The largest absolute Gasteiger partial charge is 0.369 e. The number of Topliss-reactive ketones (excluding diaryl/α,β-unsaturated/α-hetero) is 1. The molecule has 1 amide bonds. The monoisotopic (exact) mass is 557 g/mol. The predicted octanol–water partition coefficient (Wildman–Crippen LogP) is 3.03. The predicted molar refractivity (Wildman–Crippen MR) is 159 cm³/mol. The highest BCUT2D eigenvalue weighted by atomic mass is 16.5. The van der Waals surface area contributed by atoms with Crippen LogP contribution in [0.1, 0.15) is 77.0 Å². The number of ether oxygens (including phenoxy) is 1. The number of morpholine rings is 1. The Morgan fingerprint density at radius 3 is 2.30 bits per heavy atom. The van der Waals surface area contributed by atoms with Crippen LogP contribution in [0.25, 0.3) is 0 Å². The molecule has 3 saturated carbocycles. The molecule has 2 aliphatic heterocycles. The third-order valence-electron chi connectivity index (χ3n) is 10.4. The van der Waals surface area contributed by atoms with Gasteiger partial charge in [0.05, 0.1) is 29.9 Å². The number of carbonyl (C=O) groups is 2. The number of hydrogen-bond acceptors (Lipinski definition) is 7. The van der Waals surface area contributed by atoms with Gasteiger partial charge in [0.2, 0.25) is 0 Å². The van der Waals surface area contributed by atoms with E-state index in [2.05, 4.69) is 53.5 Å². The lowest BCUT2D eigenvalue weighted by Crippen LogP contribution is -2.71. The summed E-state index contributed by atoms with van der Waals surface area (Å²) in [6, 6.07) is 0.581. The first-order valence-electron chi connectivity index (χ1n) is 16.3. The fourth-order valence-corrected chi connectivity index (χ4v) is 8.38. The number of nitrogens with one attached hydrogen (secondary N) is 2. The van der Waals surface area contributed by atoms with Gasteiger partial charge in [-0.2, -0.15) is 0 Å². The molecule has 3 aliphatic carbocycles. The van der Waals surface area contributed by atoms with E-state index in [0.717, 1.165) is 76.4 Å². The lowest BCUT2D eigenvalue weighted by atomic mass is 9.65. The molecule has 8 atom stereocenters.